The van der Waals surface area contributed by atoms with Crippen molar-refractivity contribution in [1.29, 1.82) is 0 Å². The lowest BCUT2D eigenvalue weighted by molar-refractivity contribution is -0.115. The molecule has 9 heteroatoms. The number of alkyl halides is 2. The smallest absolute Gasteiger partial charge is 0.272 e. The Labute approximate surface area is 135 Å². The Bertz CT molecular complexity index is 546. The van der Waals surface area contributed by atoms with Crippen LogP contribution in [0.2, 0.25) is 0 Å². The van der Waals surface area contributed by atoms with Gasteiger partial charge in [-0.1, -0.05) is 52.1 Å². The van der Waals surface area contributed by atoms with Gasteiger partial charge in [-0.15, -0.1) is 5.01 Å². The standard InChI is InChI=1S/C12H11Cl2F2N3OS/c1-7(6-21)10-17(9-4-2-8(15)3-5-9)12(20)19(16)18(10)11(13)14/h2-7,10-11H,1H3. The zero-order valence-corrected chi connectivity index (χ0v) is 13.1. The van der Waals surface area contributed by atoms with Crippen LogP contribution in [0.5, 0.6) is 0 Å². The van der Waals surface area contributed by atoms with Gasteiger partial charge in [-0.05, 0) is 29.6 Å². The van der Waals surface area contributed by atoms with Gasteiger partial charge in [0.05, 0.1) is 0 Å². The third-order valence-electron chi connectivity index (χ3n) is 3.09. The zero-order chi connectivity index (χ0) is 15.7. The van der Waals surface area contributed by atoms with E-state index in [1.54, 1.807) is 6.92 Å². The van der Waals surface area contributed by atoms with E-state index in [1.807, 2.05) is 0 Å². The lowest BCUT2D eigenvalue weighted by Gasteiger charge is -2.31. The van der Waals surface area contributed by atoms with Crippen LogP contribution in [0.1, 0.15) is 6.92 Å². The SMILES string of the molecule is CC(C=S)C1N(c2ccc(F)cc2)C(=O)N(F)N1C(Cl)Cl. The number of benzene rings is 1. The van der Waals surface area contributed by atoms with Crippen LogP contribution < -0.4 is 4.90 Å². The van der Waals surface area contributed by atoms with Gasteiger partial charge in [-0.3, -0.25) is 4.90 Å². The summed E-state index contributed by atoms with van der Waals surface area (Å²) in [5.74, 6) is -0.874. The van der Waals surface area contributed by atoms with Crippen LogP contribution in [0.3, 0.4) is 0 Å². The largest absolute Gasteiger partial charge is 0.369 e. The Morgan fingerprint density at radius 2 is 1.90 bits per heavy atom. The molecule has 2 amide bonds. The van der Waals surface area contributed by atoms with E-state index in [-0.39, 0.29) is 5.23 Å². The highest BCUT2D eigenvalue weighted by atomic mass is 35.5. The number of urea groups is 1. The highest BCUT2D eigenvalue weighted by Crippen LogP contribution is 2.35. The van der Waals surface area contributed by atoms with E-state index in [9.17, 15) is 13.7 Å². The van der Waals surface area contributed by atoms with E-state index in [0.29, 0.717) is 5.69 Å². The molecule has 2 rings (SSSR count). The number of hydrogen-bond acceptors (Lipinski definition) is 3. The first-order chi connectivity index (χ1) is 9.88. The monoisotopic (exact) mass is 353 g/mol. The van der Waals surface area contributed by atoms with Gasteiger partial charge in [0.15, 0.2) is 4.96 Å². The van der Waals surface area contributed by atoms with Crippen molar-refractivity contribution >= 4 is 52.5 Å². The lowest BCUT2D eigenvalue weighted by Crippen LogP contribution is -2.47. The van der Waals surface area contributed by atoms with E-state index in [1.165, 1.54) is 29.6 Å². The summed E-state index contributed by atoms with van der Waals surface area (Å²) in [5, 5.41) is 2.09. The summed E-state index contributed by atoms with van der Waals surface area (Å²) in [4.78, 5) is 12.0. The number of hydrogen-bond donors (Lipinski definition) is 0. The lowest BCUT2D eigenvalue weighted by atomic mass is 10.1. The molecule has 1 saturated heterocycles. The Kier molecular flexibility index (Phi) is 4.98. The van der Waals surface area contributed by atoms with Gasteiger partial charge >= 0.3 is 6.03 Å². The fourth-order valence-electron chi connectivity index (χ4n) is 2.13. The maximum Gasteiger partial charge on any atom is 0.369 e. The van der Waals surface area contributed by atoms with Crippen molar-refractivity contribution in [3.63, 3.8) is 0 Å². The van der Waals surface area contributed by atoms with Gasteiger partial charge in [0, 0.05) is 11.6 Å². The maximum absolute atomic E-state index is 14.1. The van der Waals surface area contributed by atoms with Crippen LogP contribution in [0.25, 0.3) is 0 Å². The fraction of sp³-hybridized carbons (Fsp3) is 0.333. The number of rotatable bonds is 4. The number of nitrogens with zero attached hydrogens (tertiary/aromatic N) is 3. The van der Waals surface area contributed by atoms with Crippen LogP contribution in [0.15, 0.2) is 24.3 Å². The molecule has 21 heavy (non-hydrogen) atoms. The Morgan fingerprint density at radius 1 is 1.33 bits per heavy atom. The van der Waals surface area contributed by atoms with Gasteiger partial charge in [-0.25, -0.2) is 9.18 Å². The number of carbonyl (C=O) groups excluding carboxylic acids is 1. The average Bonchev–Trinajstić information content (AvgIpc) is 2.72. The van der Waals surface area contributed by atoms with Crippen LogP contribution in [-0.4, -0.2) is 32.8 Å². The highest BCUT2D eigenvalue weighted by molar-refractivity contribution is 7.79. The normalized spacial score (nSPS) is 21.2. The van der Waals surface area contributed by atoms with Crippen LogP contribution in [0.4, 0.5) is 19.4 Å². The summed E-state index contributed by atoms with van der Waals surface area (Å²) in [6, 6.07) is 4.11. The quantitative estimate of drug-likeness (QED) is 0.355. The number of amides is 2. The van der Waals surface area contributed by atoms with Crippen LogP contribution >= 0.6 is 35.4 Å². The zero-order valence-electron chi connectivity index (χ0n) is 10.8. The van der Waals surface area contributed by atoms with Gasteiger partial charge in [0.2, 0.25) is 0 Å². The summed E-state index contributed by atoms with van der Waals surface area (Å²) in [5.41, 5.74) is 0.314. The molecule has 1 aromatic carbocycles. The van der Waals surface area contributed by atoms with Crippen molar-refractivity contribution in [3.05, 3.63) is 30.1 Å². The molecule has 0 aliphatic carbocycles. The molecule has 0 N–H and O–H groups in total. The van der Waals surface area contributed by atoms with E-state index in [4.69, 9.17) is 35.4 Å². The van der Waals surface area contributed by atoms with E-state index >= 15 is 0 Å². The van der Waals surface area contributed by atoms with Crippen molar-refractivity contribution in [2.45, 2.75) is 18.0 Å². The molecule has 0 spiro atoms. The number of carbonyl (C=O) groups is 1. The molecule has 4 nitrogen and oxygen atoms in total. The first kappa shape index (κ1) is 16.4. The second-order valence-corrected chi connectivity index (χ2v) is 5.78. The number of thiocarbonyl (C=S) groups is 1. The number of halogens is 4. The second kappa shape index (κ2) is 6.39. The fourth-order valence-corrected chi connectivity index (χ4v) is 2.65. The molecule has 1 aromatic rings. The maximum atomic E-state index is 14.1. The molecule has 114 valence electrons. The molecule has 1 aliphatic heterocycles. The molecule has 1 heterocycles. The molecule has 1 fully saturated rings. The van der Waals surface area contributed by atoms with E-state index in [2.05, 4.69) is 0 Å². The third-order valence-corrected chi connectivity index (χ3v) is 3.92. The van der Waals surface area contributed by atoms with E-state index in [0.717, 1.165) is 9.91 Å². The number of hydrazine groups is 1. The highest BCUT2D eigenvalue weighted by Gasteiger charge is 2.50. The average molecular weight is 354 g/mol. The molecule has 1 aliphatic rings. The van der Waals surface area contributed by atoms with E-state index < -0.39 is 28.9 Å². The van der Waals surface area contributed by atoms with Gasteiger partial charge < -0.3 is 0 Å². The minimum atomic E-state index is -1.29. The summed E-state index contributed by atoms with van der Waals surface area (Å²) in [7, 11) is 0. The number of anilines is 1. The molecule has 0 saturated carbocycles. The van der Waals surface area contributed by atoms with Crippen molar-refractivity contribution < 1.29 is 13.7 Å². The topological polar surface area (TPSA) is 26.8 Å². The third kappa shape index (κ3) is 2.96. The molecule has 0 aromatic heterocycles. The molecule has 0 radical (unpaired) electrons. The molecule has 0 bridgehead atoms. The van der Waals surface area contributed by atoms with Crippen molar-refractivity contribution in [1.82, 2.24) is 10.2 Å². The first-order valence-corrected chi connectivity index (χ1v) is 7.29. The minimum absolute atomic E-state index is 0.159. The first-order valence-electron chi connectivity index (χ1n) is 5.95. The summed E-state index contributed by atoms with van der Waals surface area (Å²) in [6.45, 7) is 1.70. The predicted octanol–water partition coefficient (Wildman–Crippen LogP) is 3.89. The van der Waals surface area contributed by atoms with Crippen molar-refractivity contribution in [2.75, 3.05) is 4.90 Å². The van der Waals surface area contributed by atoms with Crippen molar-refractivity contribution in [2.24, 2.45) is 5.92 Å². The Hall–Kier alpha value is -1.02. The molecule has 2 unspecified atom stereocenters. The summed E-state index contributed by atoms with van der Waals surface area (Å²) in [6.07, 6.45) is -0.842. The molecule has 2 atom stereocenters. The Balaban J connectivity index is 2.47. The summed E-state index contributed by atoms with van der Waals surface area (Å²) < 4.78 is 27.1. The molecular formula is C12H11Cl2F2N3OS. The van der Waals surface area contributed by atoms with Gasteiger partial charge in [0.25, 0.3) is 0 Å². The second-order valence-electron chi connectivity index (χ2n) is 4.46. The van der Waals surface area contributed by atoms with Crippen LogP contribution in [-0.2, 0) is 0 Å². The Morgan fingerprint density at radius 3 is 2.38 bits per heavy atom. The van der Waals surface area contributed by atoms with Gasteiger partial charge in [-0.2, -0.15) is 0 Å². The minimum Gasteiger partial charge on any atom is -0.272 e. The van der Waals surface area contributed by atoms with Gasteiger partial charge in [0.1, 0.15) is 12.0 Å². The molecular weight excluding hydrogens is 343 g/mol. The predicted molar refractivity (Wildman–Crippen MR) is 81.2 cm³/mol. The van der Waals surface area contributed by atoms with Crippen molar-refractivity contribution in [3.8, 4) is 0 Å². The van der Waals surface area contributed by atoms with Crippen LogP contribution in [0, 0.1) is 11.7 Å². The summed E-state index contributed by atoms with van der Waals surface area (Å²) >= 11 is 16.4.